The van der Waals surface area contributed by atoms with E-state index in [4.69, 9.17) is 31.5 Å². The number of primary amides is 1. The van der Waals surface area contributed by atoms with E-state index in [1.807, 2.05) is 0 Å². The van der Waals surface area contributed by atoms with E-state index in [-0.39, 0.29) is 6.61 Å². The van der Waals surface area contributed by atoms with Crippen LogP contribution in [0, 0.1) is 0 Å². The quantitative estimate of drug-likeness (QED) is 0.406. The minimum atomic E-state index is -0.708. The van der Waals surface area contributed by atoms with Crippen LogP contribution < -0.4 is 20.5 Å². The Bertz CT molecular complexity index is 980. The van der Waals surface area contributed by atoms with Gasteiger partial charge < -0.3 is 25.3 Å². The monoisotopic (exact) mass is 496 g/mol. The number of anilines is 1. The molecule has 30 heavy (non-hydrogen) atoms. The Hall–Kier alpha value is -3.04. The number of rotatable bonds is 9. The lowest BCUT2D eigenvalue weighted by Crippen LogP contribution is -2.20. The molecule has 0 saturated carbocycles. The second-order valence-corrected chi connectivity index (χ2v) is 7.10. The molecule has 10 heteroatoms. The zero-order valence-corrected chi connectivity index (χ0v) is 18.2. The maximum absolute atomic E-state index is 11.9. The molecule has 0 aliphatic heterocycles. The van der Waals surface area contributed by atoms with Crippen LogP contribution in [-0.4, -0.2) is 38.1 Å². The highest BCUT2D eigenvalue weighted by Crippen LogP contribution is 2.28. The largest absolute Gasteiger partial charge is 0.493 e. The third kappa shape index (κ3) is 7.41. The molecule has 158 valence electrons. The van der Waals surface area contributed by atoms with Crippen molar-refractivity contribution in [2.24, 2.45) is 5.73 Å². The van der Waals surface area contributed by atoms with Gasteiger partial charge in [0.05, 0.1) is 17.8 Å². The standard InChI is InChI=1S/C20H18BrClN2O6/c1-28-17-8-12(2-6-16(17)29-10-18(23)25)3-7-20(27)30-11-19(26)24-15-5-4-13(21)9-14(15)22/h2-9H,10-11H2,1H3,(H2,23,25)(H,24,26)/b7-3+. The molecule has 0 fully saturated rings. The summed E-state index contributed by atoms with van der Waals surface area (Å²) in [6, 6.07) is 9.78. The molecule has 0 spiro atoms. The highest BCUT2D eigenvalue weighted by Gasteiger charge is 2.09. The van der Waals surface area contributed by atoms with E-state index in [0.29, 0.717) is 27.8 Å². The van der Waals surface area contributed by atoms with Crippen LogP contribution in [0.3, 0.4) is 0 Å². The summed E-state index contributed by atoms with van der Waals surface area (Å²) in [6.45, 7) is -0.760. The smallest absolute Gasteiger partial charge is 0.331 e. The highest BCUT2D eigenvalue weighted by atomic mass is 79.9. The molecule has 0 bridgehead atoms. The summed E-state index contributed by atoms with van der Waals surface area (Å²) in [6.07, 6.45) is 2.64. The van der Waals surface area contributed by atoms with Gasteiger partial charge in [-0.3, -0.25) is 9.59 Å². The zero-order chi connectivity index (χ0) is 22.1. The number of methoxy groups -OCH3 is 1. The number of amides is 2. The van der Waals surface area contributed by atoms with Crippen molar-refractivity contribution in [2.45, 2.75) is 0 Å². The van der Waals surface area contributed by atoms with Crippen molar-refractivity contribution in [3.05, 3.63) is 57.5 Å². The van der Waals surface area contributed by atoms with Crippen molar-refractivity contribution in [1.29, 1.82) is 0 Å². The van der Waals surface area contributed by atoms with Crippen LogP contribution >= 0.6 is 27.5 Å². The summed E-state index contributed by atoms with van der Waals surface area (Å²) >= 11 is 9.29. The lowest BCUT2D eigenvalue weighted by atomic mass is 10.2. The van der Waals surface area contributed by atoms with E-state index >= 15 is 0 Å². The Kier molecular flexibility index (Phi) is 8.70. The summed E-state index contributed by atoms with van der Waals surface area (Å²) in [4.78, 5) is 34.6. The average Bonchev–Trinajstić information content (AvgIpc) is 2.71. The van der Waals surface area contributed by atoms with Crippen molar-refractivity contribution >= 4 is 57.1 Å². The van der Waals surface area contributed by atoms with Crippen molar-refractivity contribution < 1.29 is 28.6 Å². The Labute approximate surface area is 186 Å². The van der Waals surface area contributed by atoms with Crippen LogP contribution in [0.4, 0.5) is 5.69 Å². The van der Waals surface area contributed by atoms with E-state index in [1.165, 1.54) is 19.3 Å². The Morgan fingerprint density at radius 3 is 2.57 bits per heavy atom. The number of carbonyl (C=O) groups excluding carboxylic acids is 3. The first-order chi connectivity index (χ1) is 14.3. The normalized spacial score (nSPS) is 10.5. The molecule has 2 rings (SSSR count). The zero-order valence-electron chi connectivity index (χ0n) is 15.8. The third-order valence-corrected chi connectivity index (χ3v) is 4.33. The molecular formula is C20H18BrClN2O6. The van der Waals surface area contributed by atoms with Crippen LogP contribution in [0.1, 0.15) is 5.56 Å². The molecule has 0 saturated heterocycles. The molecule has 0 heterocycles. The number of hydrogen-bond donors (Lipinski definition) is 2. The Morgan fingerprint density at radius 1 is 1.13 bits per heavy atom. The van der Waals surface area contributed by atoms with Gasteiger partial charge in [-0.15, -0.1) is 0 Å². The number of nitrogens with two attached hydrogens (primary N) is 1. The summed E-state index contributed by atoms with van der Waals surface area (Å²) < 4.78 is 16.1. The van der Waals surface area contributed by atoms with Gasteiger partial charge in [0.1, 0.15) is 0 Å². The van der Waals surface area contributed by atoms with E-state index < -0.39 is 24.4 Å². The fraction of sp³-hybridized carbons (Fsp3) is 0.150. The van der Waals surface area contributed by atoms with Gasteiger partial charge in [-0.05, 0) is 42.0 Å². The molecule has 0 aromatic heterocycles. The number of carbonyl (C=O) groups is 3. The van der Waals surface area contributed by atoms with Gasteiger partial charge in [-0.1, -0.05) is 33.6 Å². The van der Waals surface area contributed by atoms with E-state index in [2.05, 4.69) is 21.2 Å². The number of ether oxygens (including phenoxy) is 3. The predicted octanol–water partition coefficient (Wildman–Crippen LogP) is 3.17. The summed E-state index contributed by atoms with van der Waals surface area (Å²) in [5.74, 6) is -1.16. The number of esters is 1. The fourth-order valence-corrected chi connectivity index (χ4v) is 2.90. The molecule has 3 N–H and O–H groups in total. The first-order valence-electron chi connectivity index (χ1n) is 8.47. The fourth-order valence-electron chi connectivity index (χ4n) is 2.18. The lowest BCUT2D eigenvalue weighted by molar-refractivity contribution is -0.142. The average molecular weight is 498 g/mol. The van der Waals surface area contributed by atoms with Crippen LogP contribution in [-0.2, 0) is 19.1 Å². The summed E-state index contributed by atoms with van der Waals surface area (Å²) in [5.41, 5.74) is 6.06. The first-order valence-corrected chi connectivity index (χ1v) is 9.64. The van der Waals surface area contributed by atoms with Gasteiger partial charge in [0, 0.05) is 10.5 Å². The second kappa shape index (κ2) is 11.2. The molecule has 0 atom stereocenters. The Morgan fingerprint density at radius 2 is 1.90 bits per heavy atom. The number of halogens is 2. The number of nitrogens with one attached hydrogen (secondary N) is 1. The molecule has 2 aromatic rings. The van der Waals surface area contributed by atoms with Crippen LogP contribution in [0.5, 0.6) is 11.5 Å². The minimum absolute atomic E-state index is 0.286. The van der Waals surface area contributed by atoms with Crippen molar-refractivity contribution in [3.8, 4) is 11.5 Å². The van der Waals surface area contributed by atoms with Crippen molar-refractivity contribution in [3.63, 3.8) is 0 Å². The van der Waals surface area contributed by atoms with Crippen molar-refractivity contribution in [2.75, 3.05) is 25.6 Å². The van der Waals surface area contributed by atoms with E-state index in [1.54, 1.807) is 36.4 Å². The summed E-state index contributed by atoms with van der Waals surface area (Å²) in [7, 11) is 1.44. The topological polar surface area (TPSA) is 117 Å². The van der Waals surface area contributed by atoms with Crippen LogP contribution in [0.25, 0.3) is 6.08 Å². The van der Waals surface area contributed by atoms with Crippen LogP contribution in [0.2, 0.25) is 5.02 Å². The SMILES string of the molecule is COc1cc(/C=C/C(=O)OCC(=O)Nc2ccc(Br)cc2Cl)ccc1OCC(N)=O. The van der Waals surface area contributed by atoms with Gasteiger partial charge in [-0.2, -0.15) is 0 Å². The maximum atomic E-state index is 11.9. The molecule has 0 unspecified atom stereocenters. The molecule has 8 nitrogen and oxygen atoms in total. The number of hydrogen-bond acceptors (Lipinski definition) is 6. The second-order valence-electron chi connectivity index (χ2n) is 5.78. The molecule has 2 aromatic carbocycles. The summed E-state index contributed by atoms with van der Waals surface area (Å²) in [5, 5.41) is 2.90. The predicted molar refractivity (Wildman–Crippen MR) is 115 cm³/mol. The van der Waals surface area contributed by atoms with Crippen LogP contribution in [0.15, 0.2) is 46.9 Å². The molecule has 0 aliphatic rings. The van der Waals surface area contributed by atoms with Gasteiger partial charge in [-0.25, -0.2) is 4.79 Å². The van der Waals surface area contributed by atoms with E-state index in [0.717, 1.165) is 4.47 Å². The molecular weight excluding hydrogens is 480 g/mol. The number of benzene rings is 2. The van der Waals surface area contributed by atoms with Gasteiger partial charge >= 0.3 is 5.97 Å². The highest BCUT2D eigenvalue weighted by molar-refractivity contribution is 9.10. The molecule has 2 amide bonds. The van der Waals surface area contributed by atoms with Gasteiger partial charge in [0.15, 0.2) is 24.7 Å². The lowest BCUT2D eigenvalue weighted by Gasteiger charge is -2.10. The van der Waals surface area contributed by atoms with Gasteiger partial charge in [0.2, 0.25) is 0 Å². The van der Waals surface area contributed by atoms with E-state index in [9.17, 15) is 14.4 Å². The third-order valence-electron chi connectivity index (χ3n) is 3.52. The van der Waals surface area contributed by atoms with Gasteiger partial charge in [0.25, 0.3) is 11.8 Å². The maximum Gasteiger partial charge on any atom is 0.331 e. The molecule has 0 radical (unpaired) electrons. The van der Waals surface area contributed by atoms with Crippen molar-refractivity contribution in [1.82, 2.24) is 0 Å². The Balaban J connectivity index is 1.89. The minimum Gasteiger partial charge on any atom is -0.493 e. The molecule has 0 aliphatic carbocycles. The first kappa shape index (κ1) is 23.2.